The van der Waals surface area contributed by atoms with Crippen molar-refractivity contribution in [2.75, 3.05) is 26.7 Å². The number of ether oxygens (including phenoxy) is 1. The molecule has 0 amide bonds. The summed E-state index contributed by atoms with van der Waals surface area (Å²) in [5.41, 5.74) is 0.152. The molecule has 7 heteroatoms. The maximum Gasteiger partial charge on any atom is 0.228 e. The maximum absolute atomic E-state index is 6.03. The minimum Gasteiger partial charge on any atom is -0.377 e. The number of aliphatic imine (C=N–C) groups is 1. The number of hydrogen-bond acceptors (Lipinski definition) is 5. The average molecular weight is 337 g/mol. The SMILES string of the molecule is CN=C(NCCc1nc(C)no1)NCC1CCCOC1C(C)(C)C. The molecule has 0 saturated carbocycles. The number of guanidine groups is 1. The minimum absolute atomic E-state index is 0.152. The van der Waals surface area contributed by atoms with Gasteiger partial charge in [-0.2, -0.15) is 4.98 Å². The normalized spacial score (nSPS) is 22.5. The minimum atomic E-state index is 0.152. The first-order valence-electron chi connectivity index (χ1n) is 8.75. The van der Waals surface area contributed by atoms with Gasteiger partial charge in [-0.25, -0.2) is 0 Å². The van der Waals surface area contributed by atoms with Gasteiger partial charge in [-0.15, -0.1) is 0 Å². The Morgan fingerprint density at radius 2 is 2.12 bits per heavy atom. The standard InChI is InChI=1S/C17H31N5O2/c1-12-21-14(24-22-12)8-9-19-16(18-5)20-11-13-7-6-10-23-15(13)17(2,3)4/h13,15H,6-11H2,1-5H3,(H2,18,19,20). The predicted molar refractivity (Wildman–Crippen MR) is 94.0 cm³/mol. The van der Waals surface area contributed by atoms with Gasteiger partial charge in [-0.1, -0.05) is 25.9 Å². The van der Waals surface area contributed by atoms with Crippen LogP contribution >= 0.6 is 0 Å². The number of hydrogen-bond donors (Lipinski definition) is 2. The van der Waals surface area contributed by atoms with Crippen molar-refractivity contribution in [2.24, 2.45) is 16.3 Å². The summed E-state index contributed by atoms with van der Waals surface area (Å²) in [6.45, 7) is 11.0. The second kappa shape index (κ2) is 8.46. The summed E-state index contributed by atoms with van der Waals surface area (Å²) >= 11 is 0. The van der Waals surface area contributed by atoms with E-state index in [0.29, 0.717) is 30.6 Å². The smallest absolute Gasteiger partial charge is 0.228 e. The highest BCUT2D eigenvalue weighted by Crippen LogP contribution is 2.33. The van der Waals surface area contributed by atoms with E-state index < -0.39 is 0 Å². The highest BCUT2D eigenvalue weighted by molar-refractivity contribution is 5.79. The molecule has 0 aliphatic carbocycles. The van der Waals surface area contributed by atoms with Crippen molar-refractivity contribution in [1.82, 2.24) is 20.8 Å². The van der Waals surface area contributed by atoms with Crippen molar-refractivity contribution >= 4 is 5.96 Å². The highest BCUT2D eigenvalue weighted by atomic mass is 16.5. The van der Waals surface area contributed by atoms with Crippen LogP contribution in [0.5, 0.6) is 0 Å². The lowest BCUT2D eigenvalue weighted by molar-refractivity contribution is -0.0835. The molecule has 0 spiro atoms. The fourth-order valence-corrected chi connectivity index (χ4v) is 3.19. The molecule has 0 radical (unpaired) electrons. The molecule has 2 N–H and O–H groups in total. The summed E-state index contributed by atoms with van der Waals surface area (Å²) in [7, 11) is 1.78. The number of nitrogens with one attached hydrogen (secondary N) is 2. The molecule has 136 valence electrons. The van der Waals surface area contributed by atoms with Crippen molar-refractivity contribution in [3.05, 3.63) is 11.7 Å². The van der Waals surface area contributed by atoms with Crippen LogP contribution in [0.1, 0.15) is 45.3 Å². The van der Waals surface area contributed by atoms with Crippen LogP contribution in [0.2, 0.25) is 0 Å². The molecule has 1 saturated heterocycles. The van der Waals surface area contributed by atoms with E-state index in [1.54, 1.807) is 7.05 Å². The van der Waals surface area contributed by atoms with Crippen LogP contribution in [0.3, 0.4) is 0 Å². The largest absolute Gasteiger partial charge is 0.377 e. The van der Waals surface area contributed by atoms with Gasteiger partial charge in [-0.05, 0) is 25.2 Å². The Morgan fingerprint density at radius 1 is 1.33 bits per heavy atom. The van der Waals surface area contributed by atoms with Crippen LogP contribution in [0.4, 0.5) is 0 Å². The first-order chi connectivity index (χ1) is 11.4. The van der Waals surface area contributed by atoms with Gasteiger partial charge in [0, 0.05) is 39.1 Å². The third-order valence-corrected chi connectivity index (χ3v) is 4.25. The second-order valence-electron chi connectivity index (χ2n) is 7.42. The van der Waals surface area contributed by atoms with Crippen LogP contribution < -0.4 is 10.6 Å². The van der Waals surface area contributed by atoms with Gasteiger partial charge in [0.1, 0.15) is 0 Å². The van der Waals surface area contributed by atoms with Gasteiger partial charge in [0.05, 0.1) is 6.10 Å². The van der Waals surface area contributed by atoms with Gasteiger partial charge in [0.2, 0.25) is 5.89 Å². The molecule has 2 rings (SSSR count). The molecular formula is C17H31N5O2. The van der Waals surface area contributed by atoms with Gasteiger partial charge < -0.3 is 19.9 Å². The maximum atomic E-state index is 6.03. The zero-order valence-corrected chi connectivity index (χ0v) is 15.6. The van der Waals surface area contributed by atoms with Gasteiger partial charge in [-0.3, -0.25) is 4.99 Å². The van der Waals surface area contributed by atoms with E-state index in [0.717, 1.165) is 25.5 Å². The second-order valence-corrected chi connectivity index (χ2v) is 7.42. The van der Waals surface area contributed by atoms with Crippen molar-refractivity contribution in [1.29, 1.82) is 0 Å². The average Bonchev–Trinajstić information content (AvgIpc) is 2.95. The van der Waals surface area contributed by atoms with E-state index in [4.69, 9.17) is 9.26 Å². The molecule has 0 aromatic carbocycles. The Bertz CT molecular complexity index is 535. The molecule has 24 heavy (non-hydrogen) atoms. The van der Waals surface area contributed by atoms with Gasteiger partial charge in [0.25, 0.3) is 0 Å². The lowest BCUT2D eigenvalue weighted by Gasteiger charge is -2.40. The topological polar surface area (TPSA) is 84.6 Å². The summed E-state index contributed by atoms with van der Waals surface area (Å²) in [5.74, 6) is 2.60. The highest BCUT2D eigenvalue weighted by Gasteiger charge is 2.35. The first-order valence-corrected chi connectivity index (χ1v) is 8.75. The van der Waals surface area contributed by atoms with E-state index in [1.807, 2.05) is 6.92 Å². The zero-order chi connectivity index (χ0) is 17.6. The van der Waals surface area contributed by atoms with E-state index >= 15 is 0 Å². The monoisotopic (exact) mass is 337 g/mol. The number of nitrogens with zero attached hydrogens (tertiary/aromatic N) is 3. The molecular weight excluding hydrogens is 306 g/mol. The predicted octanol–water partition coefficient (Wildman–Crippen LogP) is 1.93. The van der Waals surface area contributed by atoms with E-state index in [9.17, 15) is 0 Å². The zero-order valence-electron chi connectivity index (χ0n) is 15.6. The number of aromatic nitrogens is 2. The van der Waals surface area contributed by atoms with E-state index in [2.05, 4.69) is 46.5 Å². The van der Waals surface area contributed by atoms with Gasteiger partial charge >= 0.3 is 0 Å². The van der Waals surface area contributed by atoms with Crippen molar-refractivity contribution in [2.45, 2.75) is 53.1 Å². The lowest BCUT2D eigenvalue weighted by atomic mass is 9.78. The summed E-state index contributed by atoms with van der Waals surface area (Å²) < 4.78 is 11.1. The fraction of sp³-hybridized carbons (Fsp3) is 0.824. The van der Waals surface area contributed by atoms with Crippen LogP contribution in [-0.2, 0) is 11.2 Å². The number of rotatable bonds is 5. The molecule has 1 aliphatic rings. The molecule has 0 bridgehead atoms. The summed E-state index contributed by atoms with van der Waals surface area (Å²) in [4.78, 5) is 8.48. The quantitative estimate of drug-likeness (QED) is 0.631. The molecule has 1 fully saturated rings. The Labute approximate surface area is 144 Å². The van der Waals surface area contributed by atoms with Crippen molar-refractivity contribution in [3.63, 3.8) is 0 Å². The number of aryl methyl sites for hydroxylation is 1. The first kappa shape index (κ1) is 18.7. The molecule has 2 heterocycles. The van der Waals surface area contributed by atoms with Crippen LogP contribution in [0.15, 0.2) is 9.52 Å². The summed E-state index contributed by atoms with van der Waals surface area (Å²) in [6, 6.07) is 0. The fourth-order valence-electron chi connectivity index (χ4n) is 3.19. The van der Waals surface area contributed by atoms with Crippen LogP contribution in [0.25, 0.3) is 0 Å². The molecule has 1 aromatic heterocycles. The van der Waals surface area contributed by atoms with Gasteiger partial charge in [0.15, 0.2) is 11.8 Å². The molecule has 1 aromatic rings. The van der Waals surface area contributed by atoms with E-state index in [-0.39, 0.29) is 11.5 Å². The van der Waals surface area contributed by atoms with E-state index in [1.165, 1.54) is 6.42 Å². The van der Waals surface area contributed by atoms with Crippen LogP contribution in [-0.4, -0.2) is 48.9 Å². The summed E-state index contributed by atoms with van der Waals surface area (Å²) in [5, 5.41) is 10.5. The molecule has 2 unspecified atom stereocenters. The third-order valence-electron chi connectivity index (χ3n) is 4.25. The third kappa shape index (κ3) is 5.47. The Kier molecular flexibility index (Phi) is 6.60. The Morgan fingerprint density at radius 3 is 2.75 bits per heavy atom. The van der Waals surface area contributed by atoms with Crippen molar-refractivity contribution < 1.29 is 9.26 Å². The molecule has 1 aliphatic heterocycles. The van der Waals surface area contributed by atoms with Crippen molar-refractivity contribution in [3.8, 4) is 0 Å². The van der Waals surface area contributed by atoms with Crippen LogP contribution in [0, 0.1) is 18.3 Å². The summed E-state index contributed by atoms with van der Waals surface area (Å²) in [6.07, 6.45) is 3.27. The molecule has 7 nitrogen and oxygen atoms in total. The Hall–Kier alpha value is -1.63. The Balaban J connectivity index is 1.77. The molecule has 2 atom stereocenters. The lowest BCUT2D eigenvalue weighted by Crippen LogP contribution is -2.47.